The van der Waals surface area contributed by atoms with Crippen molar-refractivity contribution in [1.29, 1.82) is 0 Å². The molecule has 1 heterocycles. The second-order valence-electron chi connectivity index (χ2n) is 4.86. The zero-order valence-corrected chi connectivity index (χ0v) is 10.0. The van der Waals surface area contributed by atoms with Crippen LogP contribution in [0, 0.1) is 5.92 Å². The van der Waals surface area contributed by atoms with E-state index in [1.54, 1.807) is 6.20 Å². The molecule has 94 valence electrons. The van der Waals surface area contributed by atoms with E-state index < -0.39 is 0 Å². The minimum absolute atomic E-state index is 0.00246. The molecule has 1 aliphatic carbocycles. The summed E-state index contributed by atoms with van der Waals surface area (Å²) >= 11 is 0. The van der Waals surface area contributed by atoms with Crippen molar-refractivity contribution in [3.05, 3.63) is 24.4 Å². The number of anilines is 1. The van der Waals surface area contributed by atoms with Gasteiger partial charge in [-0.1, -0.05) is 6.42 Å². The molecule has 5 nitrogen and oxygen atoms in total. The van der Waals surface area contributed by atoms with Gasteiger partial charge in [0.15, 0.2) is 0 Å². The third kappa shape index (κ3) is 1.97. The Labute approximate surface area is 105 Å². The molecule has 1 aromatic heterocycles. The summed E-state index contributed by atoms with van der Waals surface area (Å²) in [6, 6.07) is 5.70. The number of H-pyrrole nitrogens is 1. The Hall–Kier alpha value is -1.88. The molecule has 1 amide bonds. The molecule has 1 saturated carbocycles. The lowest BCUT2D eigenvalue weighted by Crippen LogP contribution is -2.34. The maximum absolute atomic E-state index is 12.1. The second kappa shape index (κ2) is 4.42. The second-order valence-corrected chi connectivity index (χ2v) is 4.86. The van der Waals surface area contributed by atoms with Gasteiger partial charge in [0.05, 0.1) is 17.6 Å². The third-order valence-electron chi connectivity index (χ3n) is 3.61. The number of amides is 1. The van der Waals surface area contributed by atoms with Crippen molar-refractivity contribution in [2.75, 3.05) is 5.32 Å². The summed E-state index contributed by atoms with van der Waals surface area (Å²) in [7, 11) is 0. The summed E-state index contributed by atoms with van der Waals surface area (Å²) in [4.78, 5) is 12.1. The Kier molecular flexibility index (Phi) is 2.76. The van der Waals surface area contributed by atoms with E-state index in [0.29, 0.717) is 0 Å². The molecule has 1 aromatic carbocycles. The van der Waals surface area contributed by atoms with Crippen LogP contribution in [-0.4, -0.2) is 22.1 Å². The molecular formula is C13H16N4O. The van der Waals surface area contributed by atoms with E-state index in [1.807, 2.05) is 18.2 Å². The monoisotopic (exact) mass is 244 g/mol. The predicted octanol–water partition coefficient (Wildman–Crippen LogP) is 1.63. The molecule has 4 N–H and O–H groups in total. The Morgan fingerprint density at radius 2 is 2.33 bits per heavy atom. The van der Waals surface area contributed by atoms with E-state index in [4.69, 9.17) is 5.73 Å². The van der Waals surface area contributed by atoms with Crippen molar-refractivity contribution >= 4 is 22.5 Å². The molecule has 0 aliphatic heterocycles. The van der Waals surface area contributed by atoms with Crippen LogP contribution < -0.4 is 11.1 Å². The fourth-order valence-electron chi connectivity index (χ4n) is 2.57. The van der Waals surface area contributed by atoms with Crippen LogP contribution in [0.5, 0.6) is 0 Å². The standard InChI is InChI=1S/C13H16N4O/c14-11-3-1-2-10(11)13(18)16-9-4-5-12-8(6-9)7-15-17-12/h4-7,10-11H,1-3,14H2,(H,15,17)(H,16,18). The number of nitrogens with one attached hydrogen (secondary N) is 2. The number of fused-ring (bicyclic) bond motifs is 1. The molecule has 0 bridgehead atoms. The highest BCUT2D eigenvalue weighted by atomic mass is 16.1. The highest BCUT2D eigenvalue weighted by molar-refractivity contribution is 5.95. The first kappa shape index (κ1) is 11.2. The predicted molar refractivity (Wildman–Crippen MR) is 70.0 cm³/mol. The Morgan fingerprint density at radius 1 is 1.44 bits per heavy atom. The van der Waals surface area contributed by atoms with Crippen LogP contribution in [0.4, 0.5) is 5.69 Å². The third-order valence-corrected chi connectivity index (χ3v) is 3.61. The summed E-state index contributed by atoms with van der Waals surface area (Å²) in [5.74, 6) is -0.0205. The van der Waals surface area contributed by atoms with E-state index in [0.717, 1.165) is 35.9 Å². The minimum Gasteiger partial charge on any atom is -0.327 e. The van der Waals surface area contributed by atoms with E-state index >= 15 is 0 Å². The van der Waals surface area contributed by atoms with Crippen LogP contribution in [0.25, 0.3) is 10.9 Å². The summed E-state index contributed by atoms with van der Waals surface area (Å²) in [5, 5.41) is 10.8. The smallest absolute Gasteiger partial charge is 0.229 e. The van der Waals surface area contributed by atoms with E-state index in [9.17, 15) is 4.79 Å². The van der Waals surface area contributed by atoms with Gasteiger partial charge in [-0.3, -0.25) is 9.89 Å². The fraction of sp³-hybridized carbons (Fsp3) is 0.385. The quantitative estimate of drug-likeness (QED) is 0.750. The maximum Gasteiger partial charge on any atom is 0.229 e. The zero-order valence-electron chi connectivity index (χ0n) is 10.0. The number of aromatic amines is 1. The van der Waals surface area contributed by atoms with Crippen molar-refractivity contribution in [2.24, 2.45) is 11.7 Å². The summed E-state index contributed by atoms with van der Waals surface area (Å²) in [5.41, 5.74) is 7.69. The van der Waals surface area contributed by atoms with Gasteiger partial charge in [0, 0.05) is 17.1 Å². The molecule has 3 rings (SSSR count). The summed E-state index contributed by atoms with van der Waals surface area (Å²) in [6.07, 6.45) is 4.62. The summed E-state index contributed by atoms with van der Waals surface area (Å²) < 4.78 is 0. The van der Waals surface area contributed by atoms with E-state index in [2.05, 4.69) is 15.5 Å². The highest BCUT2D eigenvalue weighted by Gasteiger charge is 2.30. The molecule has 1 fully saturated rings. The van der Waals surface area contributed by atoms with Crippen molar-refractivity contribution in [3.8, 4) is 0 Å². The first-order chi connectivity index (χ1) is 8.74. The topological polar surface area (TPSA) is 83.8 Å². The first-order valence-corrected chi connectivity index (χ1v) is 6.23. The Bertz CT molecular complexity index is 577. The van der Waals surface area contributed by atoms with Crippen LogP contribution in [0.2, 0.25) is 0 Å². The molecule has 5 heteroatoms. The molecule has 2 aromatic rings. The normalized spacial score (nSPS) is 23.4. The molecule has 2 atom stereocenters. The number of rotatable bonds is 2. The van der Waals surface area contributed by atoms with E-state index in [1.165, 1.54) is 0 Å². The lowest BCUT2D eigenvalue weighted by Gasteiger charge is -2.15. The molecule has 0 spiro atoms. The number of benzene rings is 1. The van der Waals surface area contributed by atoms with Gasteiger partial charge in [0.25, 0.3) is 0 Å². The fourth-order valence-corrected chi connectivity index (χ4v) is 2.57. The van der Waals surface area contributed by atoms with Crippen molar-refractivity contribution < 1.29 is 4.79 Å². The average Bonchev–Trinajstić information content (AvgIpc) is 2.96. The number of aromatic nitrogens is 2. The average molecular weight is 244 g/mol. The van der Waals surface area contributed by atoms with Gasteiger partial charge in [0.2, 0.25) is 5.91 Å². The Balaban J connectivity index is 1.77. The van der Waals surface area contributed by atoms with Gasteiger partial charge in [-0.15, -0.1) is 0 Å². The molecule has 0 saturated heterocycles. The zero-order chi connectivity index (χ0) is 12.5. The van der Waals surface area contributed by atoms with Gasteiger partial charge in [-0.2, -0.15) is 5.10 Å². The molecule has 18 heavy (non-hydrogen) atoms. The van der Waals surface area contributed by atoms with Crippen molar-refractivity contribution in [1.82, 2.24) is 10.2 Å². The number of hydrogen-bond donors (Lipinski definition) is 3. The van der Waals surface area contributed by atoms with Crippen LogP contribution in [0.3, 0.4) is 0 Å². The highest BCUT2D eigenvalue weighted by Crippen LogP contribution is 2.26. The summed E-state index contributed by atoms with van der Waals surface area (Å²) in [6.45, 7) is 0. The van der Waals surface area contributed by atoms with Gasteiger partial charge < -0.3 is 11.1 Å². The van der Waals surface area contributed by atoms with Crippen LogP contribution in [-0.2, 0) is 4.79 Å². The number of hydrogen-bond acceptors (Lipinski definition) is 3. The molecular weight excluding hydrogens is 228 g/mol. The number of carbonyl (C=O) groups is 1. The van der Waals surface area contributed by atoms with Gasteiger partial charge in [0.1, 0.15) is 0 Å². The first-order valence-electron chi connectivity index (χ1n) is 6.23. The van der Waals surface area contributed by atoms with Crippen LogP contribution in [0.15, 0.2) is 24.4 Å². The van der Waals surface area contributed by atoms with Crippen molar-refractivity contribution in [2.45, 2.75) is 25.3 Å². The van der Waals surface area contributed by atoms with Crippen LogP contribution in [0.1, 0.15) is 19.3 Å². The lowest BCUT2D eigenvalue weighted by atomic mass is 10.0. The van der Waals surface area contributed by atoms with Crippen LogP contribution >= 0.6 is 0 Å². The Morgan fingerprint density at radius 3 is 3.11 bits per heavy atom. The number of nitrogens with zero attached hydrogens (tertiary/aromatic N) is 1. The van der Waals surface area contributed by atoms with Crippen molar-refractivity contribution in [3.63, 3.8) is 0 Å². The van der Waals surface area contributed by atoms with E-state index in [-0.39, 0.29) is 17.9 Å². The lowest BCUT2D eigenvalue weighted by molar-refractivity contribution is -0.120. The molecule has 0 radical (unpaired) electrons. The minimum atomic E-state index is -0.0509. The SMILES string of the molecule is NC1CCCC1C(=O)Nc1ccc2[nH]ncc2c1. The van der Waals surface area contributed by atoms with Gasteiger partial charge in [-0.25, -0.2) is 0 Å². The number of carbonyl (C=O) groups excluding carboxylic acids is 1. The largest absolute Gasteiger partial charge is 0.327 e. The van der Waals surface area contributed by atoms with Gasteiger partial charge in [-0.05, 0) is 31.0 Å². The maximum atomic E-state index is 12.1. The van der Waals surface area contributed by atoms with Gasteiger partial charge >= 0.3 is 0 Å². The molecule has 1 aliphatic rings. The molecule has 2 unspecified atom stereocenters. The number of nitrogens with two attached hydrogens (primary N) is 1.